The molecule has 0 aliphatic rings. The predicted octanol–water partition coefficient (Wildman–Crippen LogP) is 3.81. The van der Waals surface area contributed by atoms with Crippen LogP contribution < -0.4 is 0 Å². The van der Waals surface area contributed by atoms with E-state index in [9.17, 15) is 0 Å². The molecule has 17 heavy (non-hydrogen) atoms. The Kier molecular flexibility index (Phi) is 4.02. The molecule has 0 N–H and O–H groups in total. The van der Waals surface area contributed by atoms with E-state index >= 15 is 0 Å². The van der Waals surface area contributed by atoms with Crippen LogP contribution in [0.25, 0.3) is 0 Å². The molecule has 0 saturated carbocycles. The zero-order valence-electron chi connectivity index (χ0n) is 9.36. The fraction of sp³-hybridized carbons (Fsp3) is 0.333. The molecular formula is C12H12Cl2N2O. The summed E-state index contributed by atoms with van der Waals surface area (Å²) in [7, 11) is 0. The first-order valence-corrected chi connectivity index (χ1v) is 6.23. The number of hydrogen-bond donors (Lipinski definition) is 0. The SMILES string of the molecule is CC(Cc1noc(CCl)n1)c1ccc(Cl)cc1. The molecule has 0 radical (unpaired) electrons. The van der Waals surface area contributed by atoms with E-state index in [0.717, 1.165) is 11.4 Å². The number of rotatable bonds is 4. The lowest BCUT2D eigenvalue weighted by atomic mass is 9.98. The van der Waals surface area contributed by atoms with Crippen LogP contribution in [0.5, 0.6) is 0 Å². The molecule has 5 heteroatoms. The molecule has 0 amide bonds. The largest absolute Gasteiger partial charge is 0.338 e. The Morgan fingerprint density at radius 2 is 2.00 bits per heavy atom. The van der Waals surface area contributed by atoms with Crippen molar-refractivity contribution in [2.75, 3.05) is 0 Å². The van der Waals surface area contributed by atoms with Crippen molar-refractivity contribution >= 4 is 23.2 Å². The molecule has 1 aromatic carbocycles. The first-order valence-electron chi connectivity index (χ1n) is 5.32. The lowest BCUT2D eigenvalue weighted by Gasteiger charge is -2.08. The highest BCUT2D eigenvalue weighted by Crippen LogP contribution is 2.21. The number of nitrogens with zero attached hydrogens (tertiary/aromatic N) is 2. The summed E-state index contributed by atoms with van der Waals surface area (Å²) in [5, 5.41) is 4.61. The number of benzene rings is 1. The Morgan fingerprint density at radius 3 is 2.59 bits per heavy atom. The molecule has 2 aromatic rings. The Balaban J connectivity index is 2.05. The van der Waals surface area contributed by atoms with Crippen LogP contribution in [0.3, 0.4) is 0 Å². The van der Waals surface area contributed by atoms with Crippen LogP contribution in [0.2, 0.25) is 5.02 Å². The van der Waals surface area contributed by atoms with Crippen LogP contribution in [-0.2, 0) is 12.3 Å². The molecule has 0 bridgehead atoms. The van der Waals surface area contributed by atoms with Crippen molar-refractivity contribution in [1.29, 1.82) is 0 Å². The molecule has 3 nitrogen and oxygen atoms in total. The summed E-state index contributed by atoms with van der Waals surface area (Å²) in [5.41, 5.74) is 1.20. The first-order chi connectivity index (χ1) is 8.19. The lowest BCUT2D eigenvalue weighted by Crippen LogP contribution is -2.00. The maximum atomic E-state index is 5.84. The van der Waals surface area contributed by atoms with E-state index in [-0.39, 0.29) is 5.88 Å². The van der Waals surface area contributed by atoms with Crippen molar-refractivity contribution < 1.29 is 4.52 Å². The topological polar surface area (TPSA) is 38.9 Å². The van der Waals surface area contributed by atoms with Gasteiger partial charge >= 0.3 is 0 Å². The van der Waals surface area contributed by atoms with Crippen molar-refractivity contribution in [2.24, 2.45) is 0 Å². The summed E-state index contributed by atoms with van der Waals surface area (Å²) < 4.78 is 4.96. The van der Waals surface area contributed by atoms with E-state index < -0.39 is 0 Å². The zero-order chi connectivity index (χ0) is 12.3. The number of halogens is 2. The zero-order valence-corrected chi connectivity index (χ0v) is 10.9. The van der Waals surface area contributed by atoms with Gasteiger partial charge < -0.3 is 4.52 Å². The summed E-state index contributed by atoms with van der Waals surface area (Å²) in [6.07, 6.45) is 0.724. The smallest absolute Gasteiger partial charge is 0.241 e. The number of aromatic nitrogens is 2. The lowest BCUT2D eigenvalue weighted by molar-refractivity contribution is 0.383. The van der Waals surface area contributed by atoms with Crippen molar-refractivity contribution in [3.05, 3.63) is 46.6 Å². The van der Waals surface area contributed by atoms with Gasteiger partial charge in [0.1, 0.15) is 5.88 Å². The van der Waals surface area contributed by atoms with E-state index in [1.807, 2.05) is 24.3 Å². The quantitative estimate of drug-likeness (QED) is 0.794. The Morgan fingerprint density at radius 1 is 1.29 bits per heavy atom. The number of alkyl halides is 1. The van der Waals surface area contributed by atoms with Gasteiger partial charge in [0.05, 0.1) is 0 Å². The highest BCUT2D eigenvalue weighted by molar-refractivity contribution is 6.30. The van der Waals surface area contributed by atoms with Crippen molar-refractivity contribution in [2.45, 2.75) is 25.1 Å². The molecular weight excluding hydrogens is 259 g/mol. The van der Waals surface area contributed by atoms with Gasteiger partial charge in [0, 0.05) is 11.4 Å². The average molecular weight is 271 g/mol. The molecule has 2 rings (SSSR count). The average Bonchev–Trinajstić information content (AvgIpc) is 2.77. The van der Waals surface area contributed by atoms with Gasteiger partial charge in [-0.3, -0.25) is 0 Å². The Labute approximate surface area is 110 Å². The van der Waals surface area contributed by atoms with E-state index in [2.05, 4.69) is 17.1 Å². The summed E-state index contributed by atoms with van der Waals surface area (Å²) >= 11 is 11.4. The van der Waals surface area contributed by atoms with Gasteiger partial charge in [-0.15, -0.1) is 11.6 Å². The van der Waals surface area contributed by atoms with Crippen LogP contribution >= 0.6 is 23.2 Å². The second-order valence-electron chi connectivity index (χ2n) is 3.89. The van der Waals surface area contributed by atoms with Gasteiger partial charge in [-0.2, -0.15) is 4.98 Å². The van der Waals surface area contributed by atoms with Gasteiger partial charge in [-0.05, 0) is 23.6 Å². The third kappa shape index (κ3) is 3.20. The van der Waals surface area contributed by atoms with E-state index in [4.69, 9.17) is 27.7 Å². The van der Waals surface area contributed by atoms with E-state index in [0.29, 0.717) is 17.6 Å². The summed E-state index contributed by atoms with van der Waals surface area (Å²) in [5.74, 6) is 1.71. The highest BCUT2D eigenvalue weighted by Gasteiger charge is 2.11. The molecule has 0 aliphatic carbocycles. The first kappa shape index (κ1) is 12.4. The van der Waals surface area contributed by atoms with Crippen LogP contribution in [-0.4, -0.2) is 10.1 Å². The summed E-state index contributed by atoms with van der Waals surface area (Å²) in [6, 6.07) is 7.78. The molecule has 0 aliphatic heterocycles. The molecule has 0 saturated heterocycles. The second kappa shape index (κ2) is 5.52. The van der Waals surface area contributed by atoms with Crippen LogP contribution in [0, 0.1) is 0 Å². The van der Waals surface area contributed by atoms with Gasteiger partial charge in [-0.1, -0.05) is 35.8 Å². The van der Waals surface area contributed by atoms with Crippen molar-refractivity contribution in [3.8, 4) is 0 Å². The monoisotopic (exact) mass is 270 g/mol. The molecule has 0 fully saturated rings. The van der Waals surface area contributed by atoms with Gasteiger partial charge in [0.15, 0.2) is 5.82 Å². The molecule has 0 spiro atoms. The Hall–Kier alpha value is -1.06. The third-order valence-electron chi connectivity index (χ3n) is 2.55. The fourth-order valence-electron chi connectivity index (χ4n) is 1.61. The third-order valence-corrected chi connectivity index (χ3v) is 3.03. The van der Waals surface area contributed by atoms with Crippen LogP contribution in [0.4, 0.5) is 0 Å². The fourth-order valence-corrected chi connectivity index (χ4v) is 1.84. The van der Waals surface area contributed by atoms with Gasteiger partial charge in [0.25, 0.3) is 0 Å². The molecule has 90 valence electrons. The molecule has 1 atom stereocenters. The standard InChI is InChI=1S/C12H12Cl2N2O/c1-8(9-2-4-10(14)5-3-9)6-11-15-12(7-13)17-16-11/h2-5,8H,6-7H2,1H3. The minimum atomic E-state index is 0.252. The minimum Gasteiger partial charge on any atom is -0.338 e. The molecule has 1 aromatic heterocycles. The van der Waals surface area contributed by atoms with Crippen LogP contribution in [0.1, 0.15) is 30.1 Å². The second-order valence-corrected chi connectivity index (χ2v) is 4.60. The molecule has 1 heterocycles. The van der Waals surface area contributed by atoms with Crippen molar-refractivity contribution in [3.63, 3.8) is 0 Å². The summed E-state index contributed by atoms with van der Waals surface area (Å²) in [6.45, 7) is 2.11. The van der Waals surface area contributed by atoms with E-state index in [1.54, 1.807) is 0 Å². The highest BCUT2D eigenvalue weighted by atomic mass is 35.5. The number of hydrogen-bond acceptors (Lipinski definition) is 3. The maximum Gasteiger partial charge on any atom is 0.241 e. The van der Waals surface area contributed by atoms with Crippen molar-refractivity contribution in [1.82, 2.24) is 10.1 Å². The van der Waals surface area contributed by atoms with E-state index in [1.165, 1.54) is 5.56 Å². The van der Waals surface area contributed by atoms with Crippen LogP contribution in [0.15, 0.2) is 28.8 Å². The Bertz CT molecular complexity index is 482. The minimum absolute atomic E-state index is 0.252. The maximum absolute atomic E-state index is 5.84. The molecule has 1 unspecified atom stereocenters. The van der Waals surface area contributed by atoms with Gasteiger partial charge in [-0.25, -0.2) is 0 Å². The van der Waals surface area contributed by atoms with Gasteiger partial charge in [0.2, 0.25) is 5.89 Å². The predicted molar refractivity (Wildman–Crippen MR) is 67.4 cm³/mol. The normalized spacial score (nSPS) is 12.6. The summed E-state index contributed by atoms with van der Waals surface area (Å²) in [4.78, 5) is 4.18.